The fourth-order valence-electron chi connectivity index (χ4n) is 3.04. The summed E-state index contributed by atoms with van der Waals surface area (Å²) in [5.41, 5.74) is 8.21. The van der Waals surface area contributed by atoms with E-state index in [9.17, 15) is 0 Å². The fraction of sp³-hybridized carbons (Fsp3) is 0.294. The Bertz CT molecular complexity index is 657. The van der Waals surface area contributed by atoms with Crippen molar-refractivity contribution in [3.63, 3.8) is 0 Å². The van der Waals surface area contributed by atoms with Crippen LogP contribution in [-0.2, 0) is 19.3 Å². The highest BCUT2D eigenvalue weighted by Crippen LogP contribution is 2.32. The summed E-state index contributed by atoms with van der Waals surface area (Å²) in [5, 5.41) is 0.724. The van der Waals surface area contributed by atoms with Crippen molar-refractivity contribution >= 4 is 27.5 Å². The molecule has 0 heterocycles. The van der Waals surface area contributed by atoms with Crippen molar-refractivity contribution in [1.82, 2.24) is 5.43 Å². The second-order valence-electron chi connectivity index (χ2n) is 5.52. The van der Waals surface area contributed by atoms with E-state index in [0.29, 0.717) is 0 Å². The summed E-state index contributed by atoms with van der Waals surface area (Å²) >= 11 is 9.85. The zero-order valence-electron chi connectivity index (χ0n) is 11.7. The van der Waals surface area contributed by atoms with Crippen molar-refractivity contribution in [1.29, 1.82) is 0 Å². The van der Waals surface area contributed by atoms with Gasteiger partial charge >= 0.3 is 0 Å². The zero-order valence-corrected chi connectivity index (χ0v) is 14.0. The van der Waals surface area contributed by atoms with Gasteiger partial charge in [0.25, 0.3) is 0 Å². The largest absolute Gasteiger partial charge is 0.271 e. The van der Waals surface area contributed by atoms with Gasteiger partial charge in [0, 0.05) is 4.47 Å². The first-order valence-corrected chi connectivity index (χ1v) is 8.37. The van der Waals surface area contributed by atoms with Gasteiger partial charge in [-0.1, -0.05) is 41.9 Å². The lowest BCUT2D eigenvalue weighted by Gasteiger charge is -2.19. The van der Waals surface area contributed by atoms with Crippen molar-refractivity contribution in [2.45, 2.75) is 31.7 Å². The lowest BCUT2D eigenvalue weighted by Crippen LogP contribution is -2.29. The zero-order chi connectivity index (χ0) is 14.8. The van der Waals surface area contributed by atoms with Gasteiger partial charge in [0.05, 0.1) is 11.1 Å². The minimum Gasteiger partial charge on any atom is -0.271 e. The Labute approximate surface area is 138 Å². The van der Waals surface area contributed by atoms with E-state index in [4.69, 9.17) is 17.4 Å². The molecule has 2 aromatic rings. The minimum absolute atomic E-state index is 0.00875. The molecule has 3 N–H and O–H groups in total. The molecular weight excluding hydrogens is 348 g/mol. The highest BCUT2D eigenvalue weighted by atomic mass is 79.9. The molecule has 21 heavy (non-hydrogen) atoms. The van der Waals surface area contributed by atoms with Crippen molar-refractivity contribution < 1.29 is 0 Å². The molecule has 2 aromatic carbocycles. The second-order valence-corrected chi connectivity index (χ2v) is 6.76. The number of nitrogens with two attached hydrogens (primary N) is 1. The molecule has 0 fully saturated rings. The van der Waals surface area contributed by atoms with Gasteiger partial charge in [-0.3, -0.25) is 11.3 Å². The Morgan fingerprint density at radius 2 is 2.00 bits per heavy atom. The molecule has 0 spiro atoms. The van der Waals surface area contributed by atoms with Crippen LogP contribution in [0.25, 0.3) is 0 Å². The van der Waals surface area contributed by atoms with E-state index in [-0.39, 0.29) is 6.04 Å². The number of nitrogens with one attached hydrogen (secondary N) is 1. The molecule has 0 aromatic heterocycles. The third-order valence-corrected chi connectivity index (χ3v) is 5.47. The number of hydrogen-bond acceptors (Lipinski definition) is 2. The van der Waals surface area contributed by atoms with Gasteiger partial charge in [-0.2, -0.15) is 0 Å². The van der Waals surface area contributed by atoms with Crippen LogP contribution in [0.5, 0.6) is 0 Å². The van der Waals surface area contributed by atoms with E-state index in [0.717, 1.165) is 21.5 Å². The first-order chi connectivity index (χ1) is 10.2. The van der Waals surface area contributed by atoms with Gasteiger partial charge in [0.15, 0.2) is 0 Å². The molecule has 3 rings (SSSR count). The van der Waals surface area contributed by atoms with Crippen molar-refractivity contribution in [2.75, 3.05) is 0 Å². The number of hydrogen-bond donors (Lipinski definition) is 2. The van der Waals surface area contributed by atoms with Crippen LogP contribution in [0.1, 0.15) is 34.7 Å². The van der Waals surface area contributed by atoms with Crippen molar-refractivity contribution in [3.8, 4) is 0 Å². The van der Waals surface area contributed by atoms with Crippen LogP contribution in [0.15, 0.2) is 40.9 Å². The molecule has 110 valence electrons. The van der Waals surface area contributed by atoms with Crippen LogP contribution < -0.4 is 11.3 Å². The summed E-state index contributed by atoms with van der Waals surface area (Å²) in [4.78, 5) is 0. The summed E-state index contributed by atoms with van der Waals surface area (Å²) < 4.78 is 0.899. The van der Waals surface area contributed by atoms with Crippen LogP contribution >= 0.6 is 27.5 Å². The number of fused-ring (bicyclic) bond motifs is 1. The molecule has 0 bridgehead atoms. The molecule has 0 saturated heterocycles. The number of aryl methyl sites for hydroxylation is 2. The minimum atomic E-state index is 0.00875. The second kappa shape index (κ2) is 6.49. The quantitative estimate of drug-likeness (QED) is 0.625. The van der Waals surface area contributed by atoms with Gasteiger partial charge in [0.2, 0.25) is 0 Å². The molecule has 1 unspecified atom stereocenters. The molecule has 1 aliphatic carbocycles. The lowest BCUT2D eigenvalue weighted by atomic mass is 9.97. The molecule has 0 amide bonds. The molecule has 0 radical (unpaired) electrons. The number of halogens is 2. The maximum atomic E-state index is 6.38. The third-order valence-electron chi connectivity index (χ3n) is 4.16. The summed E-state index contributed by atoms with van der Waals surface area (Å²) in [6.45, 7) is 0. The van der Waals surface area contributed by atoms with Crippen LogP contribution in [0.3, 0.4) is 0 Å². The number of rotatable bonds is 4. The van der Waals surface area contributed by atoms with Gasteiger partial charge in [-0.05, 0) is 69.9 Å². The number of benzene rings is 2. The molecule has 0 aliphatic heterocycles. The maximum absolute atomic E-state index is 6.38. The highest BCUT2D eigenvalue weighted by Gasteiger charge is 2.17. The van der Waals surface area contributed by atoms with Crippen LogP contribution in [-0.4, -0.2) is 0 Å². The van der Waals surface area contributed by atoms with E-state index in [1.807, 2.05) is 18.2 Å². The topological polar surface area (TPSA) is 38.0 Å². The van der Waals surface area contributed by atoms with E-state index < -0.39 is 0 Å². The average molecular weight is 366 g/mol. The summed E-state index contributed by atoms with van der Waals surface area (Å²) in [6.07, 6.45) is 4.52. The molecule has 4 heteroatoms. The van der Waals surface area contributed by atoms with Crippen LogP contribution in [0.4, 0.5) is 0 Å². The van der Waals surface area contributed by atoms with E-state index in [1.165, 1.54) is 36.0 Å². The van der Waals surface area contributed by atoms with Gasteiger partial charge in [-0.25, -0.2) is 0 Å². The highest BCUT2D eigenvalue weighted by molar-refractivity contribution is 9.10. The molecule has 1 aliphatic rings. The maximum Gasteiger partial charge on any atom is 0.0596 e. The smallest absolute Gasteiger partial charge is 0.0596 e. The van der Waals surface area contributed by atoms with E-state index in [2.05, 4.69) is 39.6 Å². The summed E-state index contributed by atoms with van der Waals surface area (Å²) in [5.74, 6) is 5.76. The number of hydrazine groups is 1. The normalized spacial score (nSPS) is 15.0. The Balaban J connectivity index is 1.86. The molecule has 0 saturated carbocycles. The molecule has 1 atom stereocenters. The monoisotopic (exact) mass is 364 g/mol. The lowest BCUT2D eigenvalue weighted by molar-refractivity contribution is 0.551. The Hall–Kier alpha value is -0.870. The predicted molar refractivity (Wildman–Crippen MR) is 91.4 cm³/mol. The standard InChI is InChI=1S/C17H18BrClN2/c18-15-6-2-5-14(17(15)19)16(21-20)10-11-7-8-12-3-1-4-13(12)9-11/h2,5-9,16,21H,1,3-4,10,20H2. The van der Waals surface area contributed by atoms with E-state index in [1.54, 1.807) is 0 Å². The molecular formula is C17H18BrClN2. The fourth-order valence-corrected chi connectivity index (χ4v) is 3.68. The van der Waals surface area contributed by atoms with E-state index >= 15 is 0 Å². The molecule has 2 nitrogen and oxygen atoms in total. The first kappa shape index (κ1) is 15.0. The average Bonchev–Trinajstić information content (AvgIpc) is 2.95. The van der Waals surface area contributed by atoms with Gasteiger partial charge in [0.1, 0.15) is 0 Å². The SMILES string of the molecule is NNC(Cc1ccc2c(c1)CCC2)c1cccc(Br)c1Cl. The van der Waals surface area contributed by atoms with Gasteiger partial charge in [-0.15, -0.1) is 0 Å². The van der Waals surface area contributed by atoms with Crippen LogP contribution in [0, 0.1) is 0 Å². The Morgan fingerprint density at radius 3 is 2.81 bits per heavy atom. The van der Waals surface area contributed by atoms with Crippen molar-refractivity contribution in [2.24, 2.45) is 5.84 Å². The van der Waals surface area contributed by atoms with Gasteiger partial charge < -0.3 is 0 Å². The van der Waals surface area contributed by atoms with Crippen molar-refractivity contribution in [3.05, 3.63) is 68.1 Å². The summed E-state index contributed by atoms with van der Waals surface area (Å²) in [7, 11) is 0. The Morgan fingerprint density at radius 1 is 1.19 bits per heavy atom. The first-order valence-electron chi connectivity index (χ1n) is 7.19. The summed E-state index contributed by atoms with van der Waals surface area (Å²) in [6, 6.07) is 12.7. The Kier molecular flexibility index (Phi) is 4.65. The predicted octanol–water partition coefficient (Wildman–Crippen LogP) is 4.34. The van der Waals surface area contributed by atoms with Crippen LogP contribution in [0.2, 0.25) is 5.02 Å². The third kappa shape index (κ3) is 3.16.